The second-order valence-corrected chi connectivity index (χ2v) is 12.9. The number of pyridine rings is 1. The van der Waals surface area contributed by atoms with Crippen molar-refractivity contribution in [2.45, 2.75) is 12.4 Å². The molecule has 2 heterocycles. The Balaban J connectivity index is 1.09. The summed E-state index contributed by atoms with van der Waals surface area (Å²) < 4.78 is 81.6. The molecule has 8 rings (SSSR count). The Morgan fingerprint density at radius 2 is 0.939 bits per heavy atom. The van der Waals surface area contributed by atoms with E-state index in [1.807, 2.05) is 30.5 Å². The van der Waals surface area contributed by atoms with Gasteiger partial charge in [0.1, 0.15) is 4.83 Å². The first-order chi connectivity index (χ1) is 23.5. The molecule has 8 aromatic rings. The second kappa shape index (κ2) is 11.6. The van der Waals surface area contributed by atoms with Crippen LogP contribution in [0.1, 0.15) is 11.1 Å². The van der Waals surface area contributed by atoms with Gasteiger partial charge in [-0.1, -0.05) is 91.0 Å². The smallest absolute Gasteiger partial charge is 0.245 e. The van der Waals surface area contributed by atoms with E-state index in [0.29, 0.717) is 0 Å². The standard InChI is InChI=1S/C41H23F6NS/c42-40(43,44)33-21-32(22-34(23-33)41(45,46)47)27-8-6-24(7-9-27)29-16-12-26-13-17-30(20-31(26)19-29)25-10-14-28(15-11-25)35-3-1-4-36-37-5-2-18-48-39(37)49-38(35)36/h1-23H. The monoisotopic (exact) mass is 675 g/mol. The Bertz CT molecular complexity index is 2480. The molecule has 0 saturated carbocycles. The van der Waals surface area contributed by atoms with Crippen LogP contribution < -0.4 is 0 Å². The summed E-state index contributed by atoms with van der Waals surface area (Å²) in [6.45, 7) is 0. The topological polar surface area (TPSA) is 12.9 Å². The largest absolute Gasteiger partial charge is 0.416 e. The van der Waals surface area contributed by atoms with Gasteiger partial charge in [-0.2, -0.15) is 26.3 Å². The van der Waals surface area contributed by atoms with Crippen molar-refractivity contribution in [1.82, 2.24) is 4.98 Å². The lowest BCUT2D eigenvalue weighted by molar-refractivity contribution is -0.143. The Morgan fingerprint density at radius 1 is 0.429 bits per heavy atom. The van der Waals surface area contributed by atoms with E-state index in [1.54, 1.807) is 35.6 Å². The number of alkyl halides is 6. The molecule has 0 saturated heterocycles. The molecule has 0 bridgehead atoms. The number of rotatable bonds is 4. The fraction of sp³-hybridized carbons (Fsp3) is 0.0488. The lowest BCUT2D eigenvalue weighted by atomic mass is 9.95. The summed E-state index contributed by atoms with van der Waals surface area (Å²) in [5.41, 5.74) is 3.46. The zero-order valence-corrected chi connectivity index (χ0v) is 26.2. The molecule has 0 radical (unpaired) electrons. The van der Waals surface area contributed by atoms with Crippen LogP contribution in [0.2, 0.25) is 0 Å². The Kier molecular flexibility index (Phi) is 7.30. The van der Waals surface area contributed by atoms with Gasteiger partial charge in [0.2, 0.25) is 0 Å². The van der Waals surface area contributed by atoms with Crippen LogP contribution in [-0.2, 0) is 12.4 Å². The molecule has 6 aromatic carbocycles. The Morgan fingerprint density at radius 3 is 1.51 bits per heavy atom. The minimum Gasteiger partial charge on any atom is -0.245 e. The van der Waals surface area contributed by atoms with Crippen LogP contribution in [0.5, 0.6) is 0 Å². The molecule has 240 valence electrons. The molecule has 1 nitrogen and oxygen atoms in total. The first kappa shape index (κ1) is 30.8. The zero-order valence-electron chi connectivity index (χ0n) is 25.4. The number of nitrogens with zero attached hydrogens (tertiary/aromatic N) is 1. The van der Waals surface area contributed by atoms with E-state index in [-0.39, 0.29) is 17.2 Å². The molecule has 49 heavy (non-hydrogen) atoms. The van der Waals surface area contributed by atoms with Crippen LogP contribution in [0.15, 0.2) is 140 Å². The number of hydrogen-bond donors (Lipinski definition) is 0. The summed E-state index contributed by atoms with van der Waals surface area (Å²) in [6.07, 6.45) is -8.00. The van der Waals surface area contributed by atoms with Crippen molar-refractivity contribution in [2.75, 3.05) is 0 Å². The Labute approximate surface area is 280 Å². The molecule has 0 aliphatic heterocycles. The average molecular weight is 676 g/mol. The van der Waals surface area contributed by atoms with E-state index in [4.69, 9.17) is 0 Å². The van der Waals surface area contributed by atoms with Crippen molar-refractivity contribution < 1.29 is 26.3 Å². The maximum absolute atomic E-state index is 13.4. The van der Waals surface area contributed by atoms with Gasteiger partial charge in [-0.25, -0.2) is 4.98 Å². The number of aromatic nitrogens is 1. The molecule has 0 spiro atoms. The number of thiophene rings is 1. The van der Waals surface area contributed by atoms with Gasteiger partial charge in [0, 0.05) is 21.7 Å². The minimum atomic E-state index is -4.91. The molecular formula is C41H23F6NS. The quantitative estimate of drug-likeness (QED) is 0.169. The predicted octanol–water partition coefficient (Wildman–Crippen LogP) is 13.3. The van der Waals surface area contributed by atoms with E-state index in [1.165, 1.54) is 10.1 Å². The van der Waals surface area contributed by atoms with Crippen molar-refractivity contribution in [3.63, 3.8) is 0 Å². The summed E-state index contributed by atoms with van der Waals surface area (Å²) in [5.74, 6) is 0. The highest BCUT2D eigenvalue weighted by atomic mass is 32.1. The summed E-state index contributed by atoms with van der Waals surface area (Å²) in [6, 6.07) is 39.3. The van der Waals surface area contributed by atoms with Gasteiger partial charge in [-0.15, -0.1) is 11.3 Å². The number of fused-ring (bicyclic) bond motifs is 4. The third-order valence-electron chi connectivity index (χ3n) is 8.78. The second-order valence-electron chi connectivity index (χ2n) is 11.9. The Hall–Kier alpha value is -5.47. The van der Waals surface area contributed by atoms with Crippen LogP contribution in [-0.4, -0.2) is 4.98 Å². The van der Waals surface area contributed by atoms with Gasteiger partial charge in [-0.05, 0) is 97.7 Å². The van der Waals surface area contributed by atoms with E-state index < -0.39 is 23.5 Å². The summed E-state index contributed by atoms with van der Waals surface area (Å²) in [4.78, 5) is 5.56. The van der Waals surface area contributed by atoms with E-state index in [0.717, 1.165) is 66.5 Å². The van der Waals surface area contributed by atoms with Crippen molar-refractivity contribution in [3.05, 3.63) is 151 Å². The highest BCUT2D eigenvalue weighted by Gasteiger charge is 2.37. The third-order valence-corrected chi connectivity index (χ3v) is 9.95. The first-order valence-corrected chi connectivity index (χ1v) is 16.1. The SMILES string of the molecule is FC(F)(F)c1cc(-c2ccc(-c3ccc4ccc(-c5ccc(-c6cccc7c6sc6ncccc67)cc5)cc4c3)cc2)cc(C(F)(F)F)c1. The minimum absolute atomic E-state index is 0.139. The van der Waals surface area contributed by atoms with Crippen LogP contribution in [0.3, 0.4) is 0 Å². The molecule has 0 unspecified atom stereocenters. The van der Waals surface area contributed by atoms with Crippen LogP contribution in [0, 0.1) is 0 Å². The highest BCUT2D eigenvalue weighted by Crippen LogP contribution is 2.41. The van der Waals surface area contributed by atoms with E-state index in [9.17, 15) is 26.3 Å². The van der Waals surface area contributed by atoms with Gasteiger partial charge >= 0.3 is 12.4 Å². The lowest BCUT2D eigenvalue weighted by Crippen LogP contribution is -2.11. The maximum Gasteiger partial charge on any atom is 0.416 e. The molecule has 8 heteroatoms. The average Bonchev–Trinajstić information content (AvgIpc) is 3.49. The fourth-order valence-corrected chi connectivity index (χ4v) is 7.46. The van der Waals surface area contributed by atoms with Crippen LogP contribution in [0.4, 0.5) is 26.3 Å². The van der Waals surface area contributed by atoms with Crippen molar-refractivity contribution in [3.8, 4) is 44.5 Å². The van der Waals surface area contributed by atoms with Crippen molar-refractivity contribution >= 4 is 42.4 Å². The molecule has 0 aliphatic rings. The normalized spacial score (nSPS) is 12.3. The molecule has 2 aromatic heterocycles. The van der Waals surface area contributed by atoms with E-state index >= 15 is 0 Å². The molecule has 0 atom stereocenters. The molecule has 0 fully saturated rings. The van der Waals surface area contributed by atoms with Gasteiger partial charge < -0.3 is 0 Å². The van der Waals surface area contributed by atoms with Crippen LogP contribution in [0.25, 0.3) is 75.6 Å². The predicted molar refractivity (Wildman–Crippen MR) is 186 cm³/mol. The van der Waals surface area contributed by atoms with Gasteiger partial charge in [0.15, 0.2) is 0 Å². The number of hydrogen-bond acceptors (Lipinski definition) is 2. The molecular weight excluding hydrogens is 653 g/mol. The molecule has 0 aliphatic carbocycles. The molecule has 0 N–H and O–H groups in total. The maximum atomic E-state index is 13.4. The fourth-order valence-electron chi connectivity index (χ4n) is 6.29. The van der Waals surface area contributed by atoms with Crippen LogP contribution >= 0.6 is 11.3 Å². The zero-order chi connectivity index (χ0) is 33.9. The third kappa shape index (κ3) is 5.82. The lowest BCUT2D eigenvalue weighted by Gasteiger charge is -2.14. The number of halogens is 6. The van der Waals surface area contributed by atoms with Crippen molar-refractivity contribution in [1.29, 1.82) is 0 Å². The molecule has 0 amide bonds. The first-order valence-electron chi connectivity index (χ1n) is 15.3. The summed E-state index contributed by atoms with van der Waals surface area (Å²) in [5, 5.41) is 4.39. The van der Waals surface area contributed by atoms with E-state index in [2.05, 4.69) is 71.7 Å². The van der Waals surface area contributed by atoms with Gasteiger partial charge in [-0.3, -0.25) is 0 Å². The highest BCUT2D eigenvalue weighted by molar-refractivity contribution is 7.26. The summed E-state index contributed by atoms with van der Waals surface area (Å²) >= 11 is 1.69. The van der Waals surface area contributed by atoms with Gasteiger partial charge in [0.25, 0.3) is 0 Å². The van der Waals surface area contributed by atoms with Crippen molar-refractivity contribution in [2.24, 2.45) is 0 Å². The number of benzene rings is 6. The van der Waals surface area contributed by atoms with Gasteiger partial charge in [0.05, 0.1) is 11.1 Å². The summed E-state index contributed by atoms with van der Waals surface area (Å²) in [7, 11) is 0.